The average Bonchev–Trinajstić information content (AvgIpc) is 2.76. The third-order valence-electron chi connectivity index (χ3n) is 4.95. The van der Waals surface area contributed by atoms with Gasteiger partial charge in [-0.25, -0.2) is 0 Å². The molecule has 3 heteroatoms. The Hall–Kier alpha value is -1.38. The van der Waals surface area contributed by atoms with Crippen LogP contribution < -0.4 is 5.32 Å². The van der Waals surface area contributed by atoms with E-state index in [4.69, 9.17) is 0 Å². The van der Waals surface area contributed by atoms with Gasteiger partial charge in [0.15, 0.2) is 0 Å². The topological polar surface area (TPSA) is 42.0 Å². The van der Waals surface area contributed by atoms with Crippen LogP contribution in [0.25, 0.3) is 0 Å². The number of carbonyl (C=O) groups is 1. The fraction of sp³-hybridized carbons (Fsp3) is 0.625. The van der Waals surface area contributed by atoms with Gasteiger partial charge in [0.1, 0.15) is 0 Å². The molecule has 3 nitrogen and oxygen atoms in total. The van der Waals surface area contributed by atoms with E-state index in [9.17, 15) is 4.79 Å². The van der Waals surface area contributed by atoms with Crippen LogP contribution in [-0.4, -0.2) is 17.4 Å². The maximum Gasteiger partial charge on any atom is 0.224 e. The van der Waals surface area contributed by atoms with Gasteiger partial charge >= 0.3 is 0 Å². The van der Waals surface area contributed by atoms with Gasteiger partial charge in [-0.3, -0.25) is 9.78 Å². The second-order valence-corrected chi connectivity index (χ2v) is 6.63. The van der Waals surface area contributed by atoms with Gasteiger partial charge in [0.25, 0.3) is 0 Å². The van der Waals surface area contributed by atoms with E-state index in [0.29, 0.717) is 0 Å². The highest BCUT2D eigenvalue weighted by atomic mass is 16.2. The molecule has 1 saturated carbocycles. The standard InChI is InChI=1S/C16H24N2O/c1-15(2)13(16(15,3)4)14(19)18-10-6-8-12-7-5-9-17-11-12/h5,7,9,11,13H,6,8,10H2,1-4H3,(H,18,19). The molecular weight excluding hydrogens is 236 g/mol. The van der Waals surface area contributed by atoms with Gasteiger partial charge in [-0.15, -0.1) is 0 Å². The fourth-order valence-corrected chi connectivity index (χ4v) is 3.00. The second kappa shape index (κ2) is 4.95. The zero-order valence-electron chi connectivity index (χ0n) is 12.4. The monoisotopic (exact) mass is 260 g/mol. The molecular formula is C16H24N2O. The van der Waals surface area contributed by atoms with E-state index >= 15 is 0 Å². The highest BCUT2D eigenvalue weighted by Crippen LogP contribution is 2.68. The van der Waals surface area contributed by atoms with Crippen LogP contribution in [0.15, 0.2) is 24.5 Å². The molecule has 0 aliphatic heterocycles. The summed E-state index contributed by atoms with van der Waals surface area (Å²) in [6.45, 7) is 9.44. The summed E-state index contributed by atoms with van der Waals surface area (Å²) in [4.78, 5) is 16.2. The van der Waals surface area contributed by atoms with Crippen molar-refractivity contribution in [2.75, 3.05) is 6.54 Å². The first-order chi connectivity index (χ1) is 8.87. The van der Waals surface area contributed by atoms with Crippen molar-refractivity contribution in [3.63, 3.8) is 0 Å². The van der Waals surface area contributed by atoms with Gasteiger partial charge < -0.3 is 5.32 Å². The molecule has 1 aliphatic rings. The number of amides is 1. The van der Waals surface area contributed by atoms with Crippen LogP contribution in [0, 0.1) is 16.7 Å². The summed E-state index contributed by atoms with van der Waals surface area (Å²) < 4.78 is 0. The maximum atomic E-state index is 12.1. The van der Waals surface area contributed by atoms with E-state index in [1.54, 1.807) is 6.20 Å². The average molecular weight is 260 g/mol. The number of nitrogens with one attached hydrogen (secondary N) is 1. The van der Waals surface area contributed by atoms with Crippen LogP contribution in [0.3, 0.4) is 0 Å². The molecule has 1 N–H and O–H groups in total. The minimum atomic E-state index is 0.125. The highest BCUT2D eigenvalue weighted by molar-refractivity contribution is 5.84. The zero-order valence-corrected chi connectivity index (χ0v) is 12.4. The van der Waals surface area contributed by atoms with Crippen LogP contribution in [0.1, 0.15) is 39.7 Å². The first-order valence-electron chi connectivity index (χ1n) is 7.04. The quantitative estimate of drug-likeness (QED) is 0.827. The number of aromatic nitrogens is 1. The lowest BCUT2D eigenvalue weighted by atomic mass is 10.0. The number of carbonyl (C=O) groups excluding carboxylic acids is 1. The molecule has 104 valence electrons. The van der Waals surface area contributed by atoms with Gasteiger partial charge in [0, 0.05) is 24.9 Å². The van der Waals surface area contributed by atoms with Crippen LogP contribution in [-0.2, 0) is 11.2 Å². The number of hydrogen-bond donors (Lipinski definition) is 1. The Kier molecular flexibility index (Phi) is 3.66. The minimum absolute atomic E-state index is 0.125. The molecule has 19 heavy (non-hydrogen) atoms. The van der Waals surface area contributed by atoms with Crippen LogP contribution in [0.2, 0.25) is 0 Å². The number of hydrogen-bond acceptors (Lipinski definition) is 2. The molecule has 1 aromatic rings. The van der Waals surface area contributed by atoms with E-state index in [-0.39, 0.29) is 22.7 Å². The zero-order chi connectivity index (χ0) is 14.1. The van der Waals surface area contributed by atoms with Crippen LogP contribution >= 0.6 is 0 Å². The Balaban J connectivity index is 1.71. The Morgan fingerprint density at radius 2 is 2.00 bits per heavy atom. The second-order valence-electron chi connectivity index (χ2n) is 6.63. The first kappa shape index (κ1) is 14.0. The summed E-state index contributed by atoms with van der Waals surface area (Å²) in [5.74, 6) is 0.361. The molecule has 0 unspecified atom stereocenters. The smallest absolute Gasteiger partial charge is 0.224 e. The minimum Gasteiger partial charge on any atom is -0.356 e. The third kappa shape index (κ3) is 2.65. The first-order valence-corrected chi connectivity index (χ1v) is 7.04. The van der Waals surface area contributed by atoms with E-state index in [1.165, 1.54) is 5.56 Å². The maximum absolute atomic E-state index is 12.1. The van der Waals surface area contributed by atoms with Gasteiger partial charge in [0.05, 0.1) is 0 Å². The number of pyridine rings is 1. The van der Waals surface area contributed by atoms with E-state index < -0.39 is 0 Å². The predicted molar refractivity (Wildman–Crippen MR) is 76.6 cm³/mol. The van der Waals surface area contributed by atoms with E-state index in [1.807, 2.05) is 12.3 Å². The lowest BCUT2D eigenvalue weighted by molar-refractivity contribution is -0.123. The molecule has 0 atom stereocenters. The largest absolute Gasteiger partial charge is 0.356 e. The molecule has 0 radical (unpaired) electrons. The number of rotatable bonds is 5. The van der Waals surface area contributed by atoms with Crippen molar-refractivity contribution in [1.82, 2.24) is 10.3 Å². The molecule has 1 fully saturated rings. The molecule has 2 rings (SSSR count). The number of aryl methyl sites for hydroxylation is 1. The molecule has 1 aromatic heterocycles. The molecule has 1 heterocycles. The van der Waals surface area contributed by atoms with Crippen LogP contribution in [0.4, 0.5) is 0 Å². The Morgan fingerprint density at radius 3 is 2.53 bits per heavy atom. The molecule has 0 spiro atoms. The predicted octanol–water partition coefficient (Wildman–Crippen LogP) is 2.81. The summed E-state index contributed by atoms with van der Waals surface area (Å²) in [6, 6.07) is 4.02. The number of nitrogens with zero attached hydrogens (tertiary/aromatic N) is 1. The Morgan fingerprint density at radius 1 is 1.32 bits per heavy atom. The fourth-order valence-electron chi connectivity index (χ4n) is 3.00. The molecule has 0 saturated heterocycles. The SMILES string of the molecule is CC1(C)C(C(=O)NCCCc2cccnc2)C1(C)C. The lowest BCUT2D eigenvalue weighted by Gasteiger charge is -2.06. The van der Waals surface area contributed by atoms with E-state index in [0.717, 1.165) is 19.4 Å². The molecule has 1 aliphatic carbocycles. The van der Waals surface area contributed by atoms with E-state index in [2.05, 4.69) is 44.1 Å². The van der Waals surface area contributed by atoms with Crippen molar-refractivity contribution >= 4 is 5.91 Å². The molecule has 1 amide bonds. The van der Waals surface area contributed by atoms with Crippen molar-refractivity contribution in [3.8, 4) is 0 Å². The third-order valence-corrected chi connectivity index (χ3v) is 4.95. The van der Waals surface area contributed by atoms with Gasteiger partial charge in [-0.1, -0.05) is 33.8 Å². The highest BCUT2D eigenvalue weighted by Gasteiger charge is 2.68. The van der Waals surface area contributed by atoms with Crippen molar-refractivity contribution in [1.29, 1.82) is 0 Å². The molecule has 0 aromatic carbocycles. The van der Waals surface area contributed by atoms with Crippen molar-refractivity contribution in [3.05, 3.63) is 30.1 Å². The van der Waals surface area contributed by atoms with Crippen molar-refractivity contribution in [2.45, 2.75) is 40.5 Å². The van der Waals surface area contributed by atoms with Gasteiger partial charge in [0.2, 0.25) is 5.91 Å². The summed E-state index contributed by atoms with van der Waals surface area (Å²) in [6.07, 6.45) is 5.59. The summed E-state index contributed by atoms with van der Waals surface area (Å²) in [5.41, 5.74) is 1.48. The summed E-state index contributed by atoms with van der Waals surface area (Å²) in [5, 5.41) is 3.07. The van der Waals surface area contributed by atoms with Crippen molar-refractivity contribution < 1.29 is 4.79 Å². The van der Waals surface area contributed by atoms with Crippen molar-refractivity contribution in [2.24, 2.45) is 16.7 Å². The Labute approximate surface area is 115 Å². The van der Waals surface area contributed by atoms with Crippen LogP contribution in [0.5, 0.6) is 0 Å². The van der Waals surface area contributed by atoms with Gasteiger partial charge in [-0.05, 0) is 35.3 Å². The van der Waals surface area contributed by atoms with Gasteiger partial charge in [-0.2, -0.15) is 0 Å². The normalized spacial score (nSPS) is 20.0. The summed E-state index contributed by atoms with van der Waals surface area (Å²) >= 11 is 0. The molecule has 0 bridgehead atoms. The lowest BCUT2D eigenvalue weighted by Crippen LogP contribution is -2.28. The Bertz CT molecular complexity index is 437. The summed E-state index contributed by atoms with van der Waals surface area (Å²) in [7, 11) is 0.